The van der Waals surface area contributed by atoms with E-state index >= 15 is 0 Å². The lowest BCUT2D eigenvalue weighted by atomic mass is 10.1. The van der Waals surface area contributed by atoms with E-state index in [0.29, 0.717) is 0 Å². The molecule has 2 nitrogen and oxygen atoms in total. The lowest BCUT2D eigenvalue weighted by Gasteiger charge is -2.15. The third kappa shape index (κ3) is 4.55. The van der Waals surface area contributed by atoms with E-state index < -0.39 is 0 Å². The van der Waals surface area contributed by atoms with Crippen LogP contribution < -0.4 is 10.6 Å². The summed E-state index contributed by atoms with van der Waals surface area (Å²) in [6, 6.07) is 41.9. The molecule has 2 N–H and O–H groups in total. The molecule has 0 unspecified atom stereocenters. The molecule has 2 heteroatoms. The van der Waals surface area contributed by atoms with Crippen LogP contribution >= 0.6 is 0 Å². The second-order valence-electron chi connectivity index (χ2n) is 7.69. The van der Waals surface area contributed by atoms with Gasteiger partial charge in [-0.25, -0.2) is 0 Å². The van der Waals surface area contributed by atoms with Gasteiger partial charge in [0.1, 0.15) is 0 Å². The molecule has 0 radical (unpaired) electrons. The molecule has 0 heterocycles. The Hall–Kier alpha value is -4.30. The van der Waals surface area contributed by atoms with Gasteiger partial charge in [-0.15, -0.1) is 0 Å². The number of nitrogens with one attached hydrogen (secondary N) is 2. The molecule has 0 fully saturated rings. The smallest absolute Gasteiger partial charge is 0.0465 e. The summed E-state index contributed by atoms with van der Waals surface area (Å²) in [4.78, 5) is 0. The molecule has 0 aliphatic carbocycles. The van der Waals surface area contributed by atoms with Gasteiger partial charge in [0.15, 0.2) is 0 Å². The number of benzene rings is 5. The molecule has 0 spiro atoms. The van der Waals surface area contributed by atoms with E-state index in [0.717, 1.165) is 22.7 Å². The zero-order valence-electron chi connectivity index (χ0n) is 17.7. The summed E-state index contributed by atoms with van der Waals surface area (Å²) >= 11 is 0. The molecule has 0 saturated carbocycles. The first-order valence-corrected chi connectivity index (χ1v) is 10.8. The summed E-state index contributed by atoms with van der Waals surface area (Å²) in [6.45, 7) is 0. The van der Waals surface area contributed by atoms with E-state index in [9.17, 15) is 0 Å². The Balaban J connectivity index is 1.37. The van der Waals surface area contributed by atoms with Crippen LogP contribution in [0.25, 0.3) is 22.9 Å². The predicted octanol–water partition coefficient (Wildman–Crippen LogP) is 8.50. The molecule has 0 atom stereocenters. The van der Waals surface area contributed by atoms with Crippen LogP contribution in [0.5, 0.6) is 0 Å². The Bertz CT molecular complexity index is 1340. The van der Waals surface area contributed by atoms with Gasteiger partial charge in [-0.05, 0) is 47.5 Å². The Labute approximate surface area is 188 Å². The molecule has 154 valence electrons. The predicted molar refractivity (Wildman–Crippen MR) is 139 cm³/mol. The largest absolute Gasteiger partial charge is 0.355 e. The van der Waals surface area contributed by atoms with Crippen molar-refractivity contribution in [1.29, 1.82) is 0 Å². The third-order valence-corrected chi connectivity index (χ3v) is 5.43. The van der Waals surface area contributed by atoms with E-state index in [1.54, 1.807) is 0 Å². The van der Waals surface area contributed by atoms with Crippen molar-refractivity contribution in [2.75, 3.05) is 10.6 Å². The van der Waals surface area contributed by atoms with Crippen LogP contribution in [0.2, 0.25) is 0 Å². The van der Waals surface area contributed by atoms with Crippen molar-refractivity contribution in [2.24, 2.45) is 0 Å². The van der Waals surface area contributed by atoms with Crippen molar-refractivity contribution in [3.05, 3.63) is 132 Å². The van der Waals surface area contributed by atoms with E-state index in [-0.39, 0.29) is 0 Å². The van der Waals surface area contributed by atoms with Gasteiger partial charge in [0.05, 0.1) is 0 Å². The first kappa shape index (κ1) is 19.7. The molecule has 32 heavy (non-hydrogen) atoms. The maximum atomic E-state index is 3.59. The maximum absolute atomic E-state index is 3.59. The van der Waals surface area contributed by atoms with E-state index in [2.05, 4.69) is 120 Å². The number of hydrogen-bond donors (Lipinski definition) is 2. The van der Waals surface area contributed by atoms with Crippen LogP contribution in [-0.4, -0.2) is 0 Å². The summed E-state index contributed by atoms with van der Waals surface area (Å²) in [7, 11) is 0. The average Bonchev–Trinajstić information content (AvgIpc) is 2.86. The van der Waals surface area contributed by atoms with Gasteiger partial charge in [0.2, 0.25) is 0 Å². The quantitative estimate of drug-likeness (QED) is 0.273. The zero-order valence-corrected chi connectivity index (χ0v) is 17.7. The Morgan fingerprint density at radius 3 is 1.38 bits per heavy atom. The lowest BCUT2D eigenvalue weighted by Crippen LogP contribution is -1.95. The fraction of sp³-hybridized carbons (Fsp3) is 0. The molecule has 5 aromatic rings. The zero-order chi connectivity index (χ0) is 21.6. The number of fused-ring (bicyclic) bond motifs is 1. The topological polar surface area (TPSA) is 24.1 Å². The van der Waals surface area contributed by atoms with Crippen molar-refractivity contribution in [3.8, 4) is 0 Å². The van der Waals surface area contributed by atoms with Crippen molar-refractivity contribution in [2.45, 2.75) is 0 Å². The maximum Gasteiger partial charge on any atom is 0.0465 e. The molecular weight excluding hydrogens is 388 g/mol. The van der Waals surface area contributed by atoms with Crippen LogP contribution in [0, 0.1) is 0 Å². The van der Waals surface area contributed by atoms with Crippen LogP contribution in [0.3, 0.4) is 0 Å². The van der Waals surface area contributed by atoms with Crippen molar-refractivity contribution < 1.29 is 0 Å². The van der Waals surface area contributed by atoms with Gasteiger partial charge in [-0.3, -0.25) is 0 Å². The molecule has 5 rings (SSSR count). The molecular formula is C30H24N2. The SMILES string of the molecule is C(=C\c1ccc(Nc2ccc(Nc3ccccc3)c3ccccc23)cc1)/c1ccccc1. The molecule has 5 aromatic carbocycles. The fourth-order valence-corrected chi connectivity index (χ4v) is 3.78. The molecule has 0 amide bonds. The third-order valence-electron chi connectivity index (χ3n) is 5.43. The van der Waals surface area contributed by atoms with Gasteiger partial charge in [0.25, 0.3) is 0 Å². The summed E-state index contributed by atoms with van der Waals surface area (Å²) in [6.07, 6.45) is 4.27. The minimum absolute atomic E-state index is 1.07. The lowest BCUT2D eigenvalue weighted by molar-refractivity contribution is 1.54. The molecule has 0 aliphatic rings. The standard InChI is InChI=1S/C30H24N2/c1-3-9-23(10-4-1)15-16-24-17-19-26(20-18-24)32-30-22-21-29(27-13-7-8-14-28(27)30)31-25-11-5-2-6-12-25/h1-22,31-32H/b16-15+. The Kier molecular flexibility index (Phi) is 5.67. The number of rotatable bonds is 6. The van der Waals surface area contributed by atoms with E-state index in [4.69, 9.17) is 0 Å². The van der Waals surface area contributed by atoms with Gasteiger partial charge >= 0.3 is 0 Å². The van der Waals surface area contributed by atoms with Crippen molar-refractivity contribution in [3.63, 3.8) is 0 Å². The molecule has 0 aromatic heterocycles. The first-order chi connectivity index (χ1) is 15.8. The van der Waals surface area contributed by atoms with Gasteiger partial charge in [0, 0.05) is 33.5 Å². The average molecular weight is 413 g/mol. The van der Waals surface area contributed by atoms with E-state index in [1.165, 1.54) is 21.9 Å². The van der Waals surface area contributed by atoms with Crippen molar-refractivity contribution in [1.82, 2.24) is 0 Å². The normalized spacial score (nSPS) is 11.0. The number of hydrogen-bond acceptors (Lipinski definition) is 2. The fourth-order valence-electron chi connectivity index (χ4n) is 3.78. The van der Waals surface area contributed by atoms with Crippen LogP contribution in [0.15, 0.2) is 121 Å². The summed E-state index contributed by atoms with van der Waals surface area (Å²) in [5.74, 6) is 0. The number of para-hydroxylation sites is 1. The van der Waals surface area contributed by atoms with Crippen LogP contribution in [0.4, 0.5) is 22.7 Å². The Morgan fingerprint density at radius 1 is 0.375 bits per heavy atom. The number of anilines is 4. The summed E-state index contributed by atoms with van der Waals surface area (Å²) in [5.41, 5.74) is 6.70. The highest BCUT2D eigenvalue weighted by Gasteiger charge is 2.06. The molecule has 0 bridgehead atoms. The van der Waals surface area contributed by atoms with Gasteiger partial charge in [-0.2, -0.15) is 0 Å². The first-order valence-electron chi connectivity index (χ1n) is 10.8. The van der Waals surface area contributed by atoms with Gasteiger partial charge < -0.3 is 10.6 Å². The van der Waals surface area contributed by atoms with E-state index in [1.807, 2.05) is 24.3 Å². The monoisotopic (exact) mass is 412 g/mol. The minimum atomic E-state index is 1.07. The second kappa shape index (κ2) is 9.23. The molecule has 0 saturated heterocycles. The minimum Gasteiger partial charge on any atom is -0.355 e. The second-order valence-corrected chi connectivity index (χ2v) is 7.69. The van der Waals surface area contributed by atoms with Crippen LogP contribution in [0.1, 0.15) is 11.1 Å². The summed E-state index contributed by atoms with van der Waals surface area (Å²) < 4.78 is 0. The highest BCUT2D eigenvalue weighted by Crippen LogP contribution is 2.33. The summed E-state index contributed by atoms with van der Waals surface area (Å²) in [5, 5.41) is 9.49. The van der Waals surface area contributed by atoms with Crippen LogP contribution in [-0.2, 0) is 0 Å². The Morgan fingerprint density at radius 2 is 0.812 bits per heavy atom. The van der Waals surface area contributed by atoms with Crippen molar-refractivity contribution >= 4 is 45.7 Å². The van der Waals surface area contributed by atoms with Gasteiger partial charge in [-0.1, -0.05) is 97.1 Å². The molecule has 0 aliphatic heterocycles. The highest BCUT2D eigenvalue weighted by molar-refractivity contribution is 6.03. The highest BCUT2D eigenvalue weighted by atomic mass is 14.9.